The van der Waals surface area contributed by atoms with E-state index in [2.05, 4.69) is 46.3 Å². The molecular weight excluding hydrogens is 456 g/mol. The fourth-order valence-corrected chi connectivity index (χ4v) is 5.10. The number of nitrogens with zero attached hydrogens (tertiary/aromatic N) is 5. The molecule has 1 aromatic heterocycles. The lowest BCUT2D eigenvalue weighted by atomic mass is 10.0. The molecule has 3 aromatic rings. The molecule has 0 saturated carbocycles. The number of aromatic amines is 1. The van der Waals surface area contributed by atoms with Crippen LogP contribution in [-0.4, -0.2) is 87.4 Å². The number of carbonyl (C=O) groups is 2. The van der Waals surface area contributed by atoms with Crippen molar-refractivity contribution in [2.24, 2.45) is 0 Å². The minimum absolute atomic E-state index is 0.0379. The van der Waals surface area contributed by atoms with Crippen molar-refractivity contribution in [3.8, 4) is 0 Å². The van der Waals surface area contributed by atoms with Crippen LogP contribution >= 0.6 is 0 Å². The molecule has 0 bridgehead atoms. The molecule has 2 aromatic carbocycles. The van der Waals surface area contributed by atoms with Crippen molar-refractivity contribution in [3.05, 3.63) is 59.2 Å². The average molecular weight is 491 g/mol. The molecule has 3 heterocycles. The van der Waals surface area contributed by atoms with Gasteiger partial charge in [0.1, 0.15) is 12.1 Å². The number of hydrogen-bond acceptors (Lipinski definition) is 6. The van der Waals surface area contributed by atoms with E-state index in [4.69, 9.17) is 4.74 Å². The Bertz CT molecular complexity index is 1190. The maximum atomic E-state index is 13.0. The van der Waals surface area contributed by atoms with Crippen molar-refractivity contribution in [2.75, 3.05) is 39.3 Å². The quantitative estimate of drug-likeness (QED) is 0.587. The van der Waals surface area contributed by atoms with Crippen LogP contribution in [0.4, 0.5) is 4.79 Å². The molecule has 2 fully saturated rings. The number of nitrogens with one attached hydrogen (secondary N) is 1. The smallest absolute Gasteiger partial charge is 0.410 e. The lowest BCUT2D eigenvalue weighted by molar-refractivity contribution is 0.0401. The molecule has 0 atom stereocenters. The Kier molecular flexibility index (Phi) is 7.18. The highest BCUT2D eigenvalue weighted by atomic mass is 16.6. The predicted molar refractivity (Wildman–Crippen MR) is 137 cm³/mol. The molecule has 0 spiro atoms. The topological polar surface area (TPSA) is 94.7 Å². The molecule has 9 nitrogen and oxygen atoms in total. The SMILES string of the molecule is CC(C)c1ccc(COC(=O)N2CCC(N3CCN(C(=O)c4ccc5[nH]nnc5c4)CC3)CC2)cc1. The molecule has 2 amide bonds. The van der Waals surface area contributed by atoms with Gasteiger partial charge in [-0.1, -0.05) is 43.3 Å². The Labute approximate surface area is 211 Å². The van der Waals surface area contributed by atoms with Crippen LogP contribution in [0.5, 0.6) is 0 Å². The molecule has 2 aliphatic rings. The fraction of sp³-hybridized carbons (Fsp3) is 0.481. The molecule has 0 unspecified atom stereocenters. The second kappa shape index (κ2) is 10.7. The summed E-state index contributed by atoms with van der Waals surface area (Å²) in [6.07, 6.45) is 1.62. The summed E-state index contributed by atoms with van der Waals surface area (Å²) >= 11 is 0. The molecule has 2 aliphatic heterocycles. The van der Waals surface area contributed by atoms with Gasteiger partial charge in [-0.2, -0.15) is 0 Å². The van der Waals surface area contributed by atoms with Gasteiger partial charge < -0.3 is 14.5 Å². The number of fused-ring (bicyclic) bond motifs is 1. The van der Waals surface area contributed by atoms with Gasteiger partial charge in [0.05, 0.1) is 5.52 Å². The number of aromatic nitrogens is 3. The molecule has 0 radical (unpaired) electrons. The van der Waals surface area contributed by atoms with Crippen LogP contribution in [-0.2, 0) is 11.3 Å². The van der Waals surface area contributed by atoms with Gasteiger partial charge in [-0.05, 0) is 48.1 Å². The van der Waals surface area contributed by atoms with Crippen molar-refractivity contribution in [2.45, 2.75) is 45.3 Å². The van der Waals surface area contributed by atoms with Crippen LogP contribution in [0.15, 0.2) is 42.5 Å². The minimum Gasteiger partial charge on any atom is -0.445 e. The van der Waals surface area contributed by atoms with E-state index in [1.807, 2.05) is 34.1 Å². The summed E-state index contributed by atoms with van der Waals surface area (Å²) < 4.78 is 5.57. The second-order valence-corrected chi connectivity index (χ2v) is 10.0. The van der Waals surface area contributed by atoms with E-state index in [1.165, 1.54) is 5.56 Å². The zero-order chi connectivity index (χ0) is 25.1. The number of benzene rings is 2. The standard InChI is InChI=1S/C27H34N6O3/c1-19(2)21-5-3-20(4-6-21)18-36-27(35)33-11-9-23(10-12-33)31-13-15-32(16-14-31)26(34)22-7-8-24-25(17-22)29-30-28-24/h3-8,17,19,23H,9-16,18H2,1-2H3,(H,28,29,30). The van der Waals surface area contributed by atoms with E-state index in [1.54, 1.807) is 6.07 Å². The number of ether oxygens (including phenoxy) is 1. The predicted octanol–water partition coefficient (Wildman–Crippen LogP) is 3.64. The number of piperidine rings is 1. The van der Waals surface area contributed by atoms with Crippen LogP contribution < -0.4 is 0 Å². The molecule has 1 N–H and O–H groups in total. The molecule has 9 heteroatoms. The Hall–Kier alpha value is -3.46. The zero-order valence-corrected chi connectivity index (χ0v) is 21.0. The summed E-state index contributed by atoms with van der Waals surface area (Å²) in [6, 6.07) is 14.2. The van der Waals surface area contributed by atoms with Gasteiger partial charge >= 0.3 is 6.09 Å². The van der Waals surface area contributed by atoms with E-state index in [0.29, 0.717) is 55.8 Å². The molecule has 5 rings (SSSR count). The van der Waals surface area contributed by atoms with E-state index in [0.717, 1.165) is 37.0 Å². The number of amides is 2. The number of hydrogen-bond donors (Lipinski definition) is 1. The number of piperazine rings is 1. The lowest BCUT2D eigenvalue weighted by Crippen LogP contribution is -2.54. The first-order chi connectivity index (χ1) is 17.5. The largest absolute Gasteiger partial charge is 0.445 e. The lowest BCUT2D eigenvalue weighted by Gasteiger charge is -2.42. The Balaban J connectivity index is 1.05. The van der Waals surface area contributed by atoms with Crippen molar-refractivity contribution >= 4 is 23.0 Å². The van der Waals surface area contributed by atoms with Crippen molar-refractivity contribution in [1.82, 2.24) is 30.1 Å². The van der Waals surface area contributed by atoms with Crippen LogP contribution in [0, 0.1) is 0 Å². The van der Waals surface area contributed by atoms with Gasteiger partial charge in [-0.25, -0.2) is 4.79 Å². The Morgan fingerprint density at radius 2 is 1.69 bits per heavy atom. The number of H-pyrrole nitrogens is 1. The first-order valence-corrected chi connectivity index (χ1v) is 12.8. The number of rotatable bonds is 5. The fourth-order valence-electron chi connectivity index (χ4n) is 5.10. The van der Waals surface area contributed by atoms with Gasteiger partial charge in [0.25, 0.3) is 5.91 Å². The van der Waals surface area contributed by atoms with E-state index >= 15 is 0 Å². The summed E-state index contributed by atoms with van der Waals surface area (Å²) in [4.78, 5) is 31.7. The van der Waals surface area contributed by atoms with E-state index in [-0.39, 0.29) is 12.0 Å². The first kappa shape index (κ1) is 24.2. The molecule has 190 valence electrons. The number of carbonyl (C=O) groups excluding carboxylic acids is 2. The highest BCUT2D eigenvalue weighted by Gasteiger charge is 2.31. The minimum atomic E-state index is -0.235. The van der Waals surface area contributed by atoms with Crippen LogP contribution in [0.2, 0.25) is 0 Å². The Morgan fingerprint density at radius 1 is 0.972 bits per heavy atom. The third-order valence-electron chi connectivity index (χ3n) is 7.42. The van der Waals surface area contributed by atoms with Gasteiger partial charge in [-0.3, -0.25) is 14.8 Å². The van der Waals surface area contributed by atoms with Gasteiger partial charge in [-0.15, -0.1) is 5.10 Å². The summed E-state index contributed by atoms with van der Waals surface area (Å²) in [6.45, 7) is 9.13. The molecular formula is C27H34N6O3. The van der Waals surface area contributed by atoms with Gasteiger partial charge in [0.2, 0.25) is 0 Å². The second-order valence-electron chi connectivity index (χ2n) is 10.0. The summed E-state index contributed by atoms with van der Waals surface area (Å²) in [5, 5.41) is 10.6. The maximum Gasteiger partial charge on any atom is 0.410 e. The van der Waals surface area contributed by atoms with Crippen molar-refractivity contribution < 1.29 is 14.3 Å². The van der Waals surface area contributed by atoms with Crippen LogP contribution in [0.1, 0.15) is 54.1 Å². The van der Waals surface area contributed by atoms with Crippen molar-refractivity contribution in [3.63, 3.8) is 0 Å². The first-order valence-electron chi connectivity index (χ1n) is 12.8. The number of likely N-dealkylation sites (tertiary alicyclic amines) is 1. The van der Waals surface area contributed by atoms with Gasteiger partial charge in [0.15, 0.2) is 0 Å². The van der Waals surface area contributed by atoms with E-state index in [9.17, 15) is 9.59 Å². The highest BCUT2D eigenvalue weighted by molar-refractivity contribution is 5.97. The van der Waals surface area contributed by atoms with E-state index < -0.39 is 0 Å². The third kappa shape index (κ3) is 5.36. The summed E-state index contributed by atoms with van der Waals surface area (Å²) in [5.41, 5.74) is 4.47. The van der Waals surface area contributed by atoms with Crippen LogP contribution in [0.3, 0.4) is 0 Å². The molecule has 36 heavy (non-hydrogen) atoms. The normalized spacial score (nSPS) is 17.6. The highest BCUT2D eigenvalue weighted by Crippen LogP contribution is 2.21. The molecule has 0 aliphatic carbocycles. The Morgan fingerprint density at radius 3 is 2.39 bits per heavy atom. The zero-order valence-electron chi connectivity index (χ0n) is 21.0. The third-order valence-corrected chi connectivity index (χ3v) is 7.42. The monoisotopic (exact) mass is 490 g/mol. The van der Waals surface area contributed by atoms with Gasteiger partial charge in [0, 0.05) is 50.9 Å². The maximum absolute atomic E-state index is 13.0. The van der Waals surface area contributed by atoms with Crippen molar-refractivity contribution in [1.29, 1.82) is 0 Å². The van der Waals surface area contributed by atoms with Crippen LogP contribution in [0.25, 0.3) is 11.0 Å². The summed E-state index contributed by atoms with van der Waals surface area (Å²) in [7, 11) is 0. The summed E-state index contributed by atoms with van der Waals surface area (Å²) in [5.74, 6) is 0.525. The molecule has 2 saturated heterocycles. The average Bonchev–Trinajstić information content (AvgIpc) is 3.40.